The zero-order valence-corrected chi connectivity index (χ0v) is 12.6. The fourth-order valence-corrected chi connectivity index (χ4v) is 3.41. The van der Waals surface area contributed by atoms with E-state index in [4.69, 9.17) is 0 Å². The maximum absolute atomic E-state index is 3.60. The van der Waals surface area contributed by atoms with E-state index in [-0.39, 0.29) is 0 Å². The van der Waals surface area contributed by atoms with Crippen molar-refractivity contribution in [3.05, 3.63) is 52.2 Å². The lowest BCUT2D eigenvalue weighted by Gasteiger charge is -2.26. The highest BCUT2D eigenvalue weighted by Gasteiger charge is 2.30. The van der Waals surface area contributed by atoms with E-state index in [1.807, 2.05) is 0 Å². The SMILES string of the molecule is BrCc1ccccc1N(Cc1ccsc1)C1CC1. The molecule has 1 aliphatic rings. The van der Waals surface area contributed by atoms with Crippen LogP contribution < -0.4 is 4.90 Å². The molecule has 2 aromatic rings. The first kappa shape index (κ1) is 12.2. The van der Waals surface area contributed by atoms with Crippen molar-refractivity contribution in [1.29, 1.82) is 0 Å². The van der Waals surface area contributed by atoms with Crippen LogP contribution in [0.3, 0.4) is 0 Å². The van der Waals surface area contributed by atoms with Gasteiger partial charge in [-0.1, -0.05) is 34.1 Å². The molecule has 1 saturated carbocycles. The van der Waals surface area contributed by atoms with Crippen LogP contribution in [0.4, 0.5) is 5.69 Å². The van der Waals surface area contributed by atoms with Gasteiger partial charge in [-0.3, -0.25) is 0 Å². The molecule has 94 valence electrons. The largest absolute Gasteiger partial charge is 0.364 e. The van der Waals surface area contributed by atoms with Gasteiger partial charge in [0.15, 0.2) is 0 Å². The summed E-state index contributed by atoms with van der Waals surface area (Å²) < 4.78 is 0. The van der Waals surface area contributed by atoms with Crippen molar-refractivity contribution in [2.45, 2.75) is 30.8 Å². The molecular formula is C15H16BrNS. The third-order valence-electron chi connectivity index (χ3n) is 3.37. The van der Waals surface area contributed by atoms with Gasteiger partial charge >= 0.3 is 0 Å². The molecule has 1 heterocycles. The van der Waals surface area contributed by atoms with Crippen molar-refractivity contribution in [2.75, 3.05) is 4.90 Å². The number of anilines is 1. The monoisotopic (exact) mass is 321 g/mol. The predicted octanol–water partition coefficient (Wildman–Crippen LogP) is 4.81. The molecule has 0 radical (unpaired) electrons. The molecule has 3 rings (SSSR count). The summed E-state index contributed by atoms with van der Waals surface area (Å²) in [5.41, 5.74) is 4.21. The predicted molar refractivity (Wildman–Crippen MR) is 82.6 cm³/mol. The normalized spacial score (nSPS) is 14.7. The Hall–Kier alpha value is -0.800. The molecule has 1 nitrogen and oxygen atoms in total. The van der Waals surface area contributed by atoms with Crippen molar-refractivity contribution >= 4 is 33.0 Å². The molecule has 0 aliphatic heterocycles. The molecule has 3 heteroatoms. The second kappa shape index (κ2) is 5.45. The molecule has 0 saturated heterocycles. The number of nitrogens with zero attached hydrogens (tertiary/aromatic N) is 1. The van der Waals surface area contributed by atoms with Gasteiger partial charge in [-0.2, -0.15) is 11.3 Å². The minimum Gasteiger partial charge on any atom is -0.364 e. The van der Waals surface area contributed by atoms with Crippen molar-refractivity contribution < 1.29 is 0 Å². The maximum Gasteiger partial charge on any atom is 0.0440 e. The zero-order valence-electron chi connectivity index (χ0n) is 10.2. The zero-order chi connectivity index (χ0) is 12.4. The minimum atomic E-state index is 0.741. The van der Waals surface area contributed by atoms with Gasteiger partial charge in [0, 0.05) is 23.6 Å². The summed E-state index contributed by atoms with van der Waals surface area (Å²) in [5, 5.41) is 5.35. The average molecular weight is 322 g/mol. The number of alkyl halides is 1. The van der Waals surface area contributed by atoms with Gasteiger partial charge in [-0.05, 0) is 46.9 Å². The molecular weight excluding hydrogens is 306 g/mol. The summed E-state index contributed by atoms with van der Waals surface area (Å²) in [6, 6.07) is 11.7. The lowest BCUT2D eigenvalue weighted by Crippen LogP contribution is -2.25. The first-order chi connectivity index (χ1) is 8.88. The Bertz CT molecular complexity index is 505. The Kier molecular flexibility index (Phi) is 3.71. The van der Waals surface area contributed by atoms with Crippen LogP contribution in [0.1, 0.15) is 24.0 Å². The number of rotatable bonds is 5. The van der Waals surface area contributed by atoms with Crippen molar-refractivity contribution in [3.8, 4) is 0 Å². The number of hydrogen-bond donors (Lipinski definition) is 0. The van der Waals surface area contributed by atoms with Gasteiger partial charge < -0.3 is 4.90 Å². The quantitative estimate of drug-likeness (QED) is 0.714. The van der Waals surface area contributed by atoms with Gasteiger partial charge in [-0.25, -0.2) is 0 Å². The molecule has 0 N–H and O–H groups in total. The van der Waals surface area contributed by atoms with Crippen LogP contribution in [0.5, 0.6) is 0 Å². The van der Waals surface area contributed by atoms with E-state index in [0.29, 0.717) is 0 Å². The van der Waals surface area contributed by atoms with Crippen molar-refractivity contribution in [3.63, 3.8) is 0 Å². The second-order valence-corrected chi connectivity index (χ2v) is 6.09. The summed E-state index contributed by atoms with van der Waals surface area (Å²) in [4.78, 5) is 2.57. The Balaban J connectivity index is 1.89. The first-order valence-electron chi connectivity index (χ1n) is 6.30. The third-order valence-corrected chi connectivity index (χ3v) is 4.70. The van der Waals surface area contributed by atoms with Crippen LogP contribution in [0.25, 0.3) is 0 Å². The van der Waals surface area contributed by atoms with E-state index in [2.05, 4.69) is 61.9 Å². The molecule has 1 aromatic carbocycles. The van der Waals surface area contributed by atoms with Gasteiger partial charge in [0.25, 0.3) is 0 Å². The lowest BCUT2D eigenvalue weighted by atomic mass is 10.1. The van der Waals surface area contributed by atoms with Crippen LogP contribution in [-0.2, 0) is 11.9 Å². The van der Waals surface area contributed by atoms with E-state index in [1.165, 1.54) is 29.7 Å². The van der Waals surface area contributed by atoms with Gasteiger partial charge in [0.2, 0.25) is 0 Å². The van der Waals surface area contributed by atoms with Crippen molar-refractivity contribution in [1.82, 2.24) is 0 Å². The number of hydrogen-bond acceptors (Lipinski definition) is 2. The van der Waals surface area contributed by atoms with Crippen LogP contribution >= 0.6 is 27.3 Å². The van der Waals surface area contributed by atoms with Crippen LogP contribution in [0.15, 0.2) is 41.1 Å². The highest BCUT2D eigenvalue weighted by atomic mass is 79.9. The molecule has 18 heavy (non-hydrogen) atoms. The molecule has 0 atom stereocenters. The van der Waals surface area contributed by atoms with E-state index < -0.39 is 0 Å². The molecule has 0 amide bonds. The third kappa shape index (κ3) is 2.62. The summed E-state index contributed by atoms with van der Waals surface area (Å²) in [7, 11) is 0. The van der Waals surface area contributed by atoms with E-state index in [1.54, 1.807) is 11.3 Å². The molecule has 0 bridgehead atoms. The summed E-state index contributed by atoms with van der Waals surface area (Å²) >= 11 is 5.38. The number of thiophene rings is 1. The van der Waals surface area contributed by atoms with Crippen LogP contribution in [0.2, 0.25) is 0 Å². The van der Waals surface area contributed by atoms with E-state index >= 15 is 0 Å². The number of para-hydroxylation sites is 1. The molecule has 0 unspecified atom stereocenters. The Labute approximate surface area is 121 Å². The van der Waals surface area contributed by atoms with Crippen molar-refractivity contribution in [2.24, 2.45) is 0 Å². The second-order valence-electron chi connectivity index (χ2n) is 4.75. The summed E-state index contributed by atoms with van der Waals surface area (Å²) in [6.07, 6.45) is 2.67. The molecule has 1 aliphatic carbocycles. The van der Waals surface area contributed by atoms with E-state index in [9.17, 15) is 0 Å². The number of halogens is 1. The lowest BCUT2D eigenvalue weighted by molar-refractivity contribution is 0.793. The summed E-state index contributed by atoms with van der Waals surface area (Å²) in [5.74, 6) is 0. The molecule has 1 aromatic heterocycles. The number of benzene rings is 1. The van der Waals surface area contributed by atoms with Gasteiger partial charge in [0.1, 0.15) is 0 Å². The molecule has 0 spiro atoms. The smallest absolute Gasteiger partial charge is 0.0440 e. The first-order valence-corrected chi connectivity index (χ1v) is 8.36. The minimum absolute atomic E-state index is 0.741. The van der Waals surface area contributed by atoms with Gasteiger partial charge in [-0.15, -0.1) is 0 Å². The molecule has 1 fully saturated rings. The topological polar surface area (TPSA) is 3.24 Å². The fourth-order valence-electron chi connectivity index (χ4n) is 2.28. The Morgan fingerprint density at radius 2 is 2.06 bits per heavy atom. The van der Waals surface area contributed by atoms with Gasteiger partial charge in [0.05, 0.1) is 0 Å². The highest BCUT2D eigenvalue weighted by Crippen LogP contribution is 2.35. The van der Waals surface area contributed by atoms with Crippen LogP contribution in [-0.4, -0.2) is 6.04 Å². The Morgan fingerprint density at radius 1 is 1.22 bits per heavy atom. The van der Waals surface area contributed by atoms with Crippen LogP contribution in [0, 0.1) is 0 Å². The highest BCUT2D eigenvalue weighted by molar-refractivity contribution is 9.08. The summed E-state index contributed by atoms with van der Waals surface area (Å²) in [6.45, 7) is 1.04. The van der Waals surface area contributed by atoms with E-state index in [0.717, 1.165) is 17.9 Å². The standard InChI is InChI=1S/C15H16BrNS/c16-9-13-3-1-2-4-15(13)17(14-5-6-14)10-12-7-8-18-11-12/h1-4,7-8,11,14H,5-6,9-10H2. The fraction of sp³-hybridized carbons (Fsp3) is 0.333. The Morgan fingerprint density at radius 3 is 2.72 bits per heavy atom. The maximum atomic E-state index is 3.60. The average Bonchev–Trinajstić information content (AvgIpc) is 3.13.